The van der Waals surface area contributed by atoms with Crippen LogP contribution >= 0.6 is 0 Å². The van der Waals surface area contributed by atoms with E-state index >= 15 is 0 Å². The summed E-state index contributed by atoms with van der Waals surface area (Å²) in [5.41, 5.74) is 7.46. The van der Waals surface area contributed by atoms with E-state index in [1.165, 1.54) is 10.8 Å². The molecular weight excluding hydrogens is 753 g/mol. The smallest absolute Gasteiger partial charge is 0.121 e. The first-order valence-corrected chi connectivity index (χ1v) is 15.4. The Bertz CT molecular complexity index is 2310. The van der Waals surface area contributed by atoms with Crippen molar-refractivity contribution in [2.75, 3.05) is 0 Å². The van der Waals surface area contributed by atoms with E-state index in [0.29, 0.717) is 5.56 Å². The number of furan rings is 1. The number of benzene rings is 5. The van der Waals surface area contributed by atoms with Crippen LogP contribution in [0.1, 0.15) is 29.1 Å². The van der Waals surface area contributed by atoms with Gasteiger partial charge in [0.05, 0.1) is 5.58 Å². The number of nitrogens with zero attached hydrogens (tertiary/aromatic N) is 2. The molecule has 0 N–H and O–H groups in total. The van der Waals surface area contributed by atoms with Gasteiger partial charge in [0, 0.05) is 40.6 Å². The van der Waals surface area contributed by atoms with Crippen LogP contribution in [0.4, 0.5) is 0 Å². The van der Waals surface area contributed by atoms with Gasteiger partial charge in [-0.1, -0.05) is 105 Å². The topological polar surface area (TPSA) is 38.9 Å². The molecule has 3 nitrogen and oxygen atoms in total. The zero-order chi connectivity index (χ0) is 33.3. The Kier molecular flexibility index (Phi) is 8.69. The molecule has 8 rings (SSSR count). The molecule has 4 heteroatoms. The fourth-order valence-electron chi connectivity index (χ4n) is 5.70. The molecule has 0 spiro atoms. The Morgan fingerprint density at radius 2 is 1.47 bits per heavy atom. The minimum Gasteiger partial charge on any atom is -0.501 e. The van der Waals surface area contributed by atoms with Gasteiger partial charge in [0.1, 0.15) is 5.58 Å². The number of hydrogen-bond acceptors (Lipinski definition) is 3. The Hall–Kier alpha value is -4.89. The summed E-state index contributed by atoms with van der Waals surface area (Å²) in [4.78, 5) is 8.87. The number of rotatable bonds is 4. The molecule has 0 atom stereocenters. The van der Waals surface area contributed by atoms with Gasteiger partial charge < -0.3 is 14.4 Å². The van der Waals surface area contributed by atoms with Crippen molar-refractivity contribution in [3.63, 3.8) is 0 Å². The summed E-state index contributed by atoms with van der Waals surface area (Å²) in [6.45, 7) is 5.77. The van der Waals surface area contributed by atoms with Crippen molar-refractivity contribution in [2.45, 2.75) is 27.1 Å². The maximum Gasteiger partial charge on any atom is 0.121 e. The zero-order valence-electron chi connectivity index (χ0n) is 28.4. The van der Waals surface area contributed by atoms with Crippen molar-refractivity contribution in [3.8, 4) is 33.6 Å². The third kappa shape index (κ3) is 7.10. The summed E-state index contributed by atoms with van der Waals surface area (Å²) in [7, 11) is 0. The first-order valence-electron chi connectivity index (χ1n) is 16.4. The van der Waals surface area contributed by atoms with Crippen molar-refractivity contribution in [3.05, 3.63) is 157 Å². The Morgan fingerprint density at radius 1 is 0.681 bits per heavy atom. The van der Waals surface area contributed by atoms with Crippen molar-refractivity contribution in [2.24, 2.45) is 5.41 Å². The second-order valence-electron chi connectivity index (χ2n) is 12.2. The second kappa shape index (κ2) is 13.8. The van der Waals surface area contributed by atoms with Crippen LogP contribution in [0.2, 0.25) is 0 Å². The monoisotopic (exact) mass is 789 g/mol. The predicted octanol–water partition coefficient (Wildman–Crippen LogP) is 11.4. The summed E-state index contributed by atoms with van der Waals surface area (Å²) in [6, 6.07) is 48.4. The molecule has 233 valence electrons. The van der Waals surface area contributed by atoms with Gasteiger partial charge in [0.15, 0.2) is 0 Å². The molecule has 0 unspecified atom stereocenters. The SMILES string of the molecule is [2H]C([2H])(c1ccc(-c2ccnc(-c3[c-]ccc4c3oc3ccc5ccccc5c34)c2)cc1)C(C)(C)C.[Ir].[c-]1ccccc1-c1ccccn1. The zero-order valence-corrected chi connectivity index (χ0v) is 28.8. The fourth-order valence-corrected chi connectivity index (χ4v) is 5.70. The van der Waals surface area contributed by atoms with Crippen molar-refractivity contribution in [1.29, 1.82) is 0 Å². The van der Waals surface area contributed by atoms with Gasteiger partial charge in [-0.25, -0.2) is 0 Å². The van der Waals surface area contributed by atoms with Gasteiger partial charge in [-0.2, -0.15) is 0 Å². The molecule has 0 aliphatic heterocycles. The molecule has 8 aromatic rings. The predicted molar refractivity (Wildman–Crippen MR) is 190 cm³/mol. The molecule has 0 bridgehead atoms. The summed E-state index contributed by atoms with van der Waals surface area (Å²) in [5.74, 6) is 0. The molecule has 0 aliphatic rings. The maximum atomic E-state index is 8.56. The van der Waals surface area contributed by atoms with Crippen LogP contribution in [-0.2, 0) is 26.5 Å². The van der Waals surface area contributed by atoms with E-state index in [2.05, 4.69) is 58.5 Å². The van der Waals surface area contributed by atoms with Crippen LogP contribution in [-0.4, -0.2) is 9.97 Å². The molecule has 1 radical (unpaired) electrons. The van der Waals surface area contributed by atoms with E-state index in [-0.39, 0.29) is 20.1 Å². The fraction of sp³-hybridized carbons (Fsp3) is 0.116. The van der Waals surface area contributed by atoms with Gasteiger partial charge in [-0.15, -0.1) is 54.1 Å². The van der Waals surface area contributed by atoms with E-state index in [1.807, 2.05) is 112 Å². The Morgan fingerprint density at radius 3 is 2.23 bits per heavy atom. The van der Waals surface area contributed by atoms with Gasteiger partial charge in [-0.3, -0.25) is 0 Å². The van der Waals surface area contributed by atoms with E-state index in [1.54, 1.807) is 12.4 Å². The van der Waals surface area contributed by atoms with Crippen LogP contribution in [0.3, 0.4) is 0 Å². The normalized spacial score (nSPS) is 12.1. The molecule has 3 heterocycles. The van der Waals surface area contributed by atoms with Crippen LogP contribution in [0.15, 0.2) is 144 Å². The van der Waals surface area contributed by atoms with Crippen molar-refractivity contribution < 1.29 is 27.3 Å². The molecule has 0 fully saturated rings. The third-order valence-corrected chi connectivity index (χ3v) is 7.73. The number of pyridine rings is 2. The Balaban J connectivity index is 0.000000270. The molecule has 0 saturated carbocycles. The molecule has 0 amide bonds. The third-order valence-electron chi connectivity index (χ3n) is 7.73. The van der Waals surface area contributed by atoms with E-state index in [9.17, 15) is 0 Å². The first-order chi connectivity index (χ1) is 23.2. The van der Waals surface area contributed by atoms with Crippen LogP contribution < -0.4 is 0 Å². The van der Waals surface area contributed by atoms with E-state index in [0.717, 1.165) is 55.6 Å². The van der Waals surface area contributed by atoms with Crippen molar-refractivity contribution in [1.82, 2.24) is 9.97 Å². The van der Waals surface area contributed by atoms with Crippen LogP contribution in [0.5, 0.6) is 0 Å². The molecule has 0 aliphatic carbocycles. The first kappa shape index (κ1) is 29.5. The van der Waals surface area contributed by atoms with E-state index in [4.69, 9.17) is 7.16 Å². The van der Waals surface area contributed by atoms with Crippen LogP contribution in [0, 0.1) is 17.5 Å². The van der Waals surface area contributed by atoms with Gasteiger partial charge in [0.2, 0.25) is 0 Å². The standard InChI is InChI=1S/C32H26NO.C11H8N.Ir/c1-32(2,3)20-21-11-13-22(14-12-21)24-17-18-33-28(19-24)26-9-6-10-27-30-25-8-5-4-7-23(25)15-16-29(30)34-31(26)27;1-2-6-10(7-3-1)11-8-4-5-9-12-11;/h4-8,10-19H,20H2,1-3H3;1-6,8-9H;/q2*-1;/i20D2;;. The number of aromatic nitrogens is 2. The largest absolute Gasteiger partial charge is 0.501 e. The molecule has 0 saturated heterocycles. The summed E-state index contributed by atoms with van der Waals surface area (Å²) in [5, 5.41) is 4.51. The minimum atomic E-state index is -1.43. The maximum absolute atomic E-state index is 8.56. The number of fused-ring (bicyclic) bond motifs is 5. The Labute approximate surface area is 292 Å². The van der Waals surface area contributed by atoms with Crippen molar-refractivity contribution >= 4 is 32.7 Å². The second-order valence-corrected chi connectivity index (χ2v) is 12.2. The minimum absolute atomic E-state index is 0. The molecule has 5 aromatic carbocycles. The van der Waals surface area contributed by atoms with Gasteiger partial charge in [0.25, 0.3) is 0 Å². The summed E-state index contributed by atoms with van der Waals surface area (Å²) < 4.78 is 23.5. The van der Waals surface area contributed by atoms with E-state index < -0.39 is 11.8 Å². The summed E-state index contributed by atoms with van der Waals surface area (Å²) in [6.07, 6.45) is 2.17. The molecular formula is C43H34IrN2O-2. The molecule has 3 aromatic heterocycles. The van der Waals surface area contributed by atoms with Gasteiger partial charge >= 0.3 is 0 Å². The molecule has 47 heavy (non-hydrogen) atoms. The average molecular weight is 789 g/mol. The summed E-state index contributed by atoms with van der Waals surface area (Å²) >= 11 is 0. The average Bonchev–Trinajstić information content (AvgIpc) is 3.52. The van der Waals surface area contributed by atoms with Gasteiger partial charge in [-0.05, 0) is 68.8 Å². The van der Waals surface area contributed by atoms with Crippen LogP contribution in [0.25, 0.3) is 66.4 Å². The number of hydrogen-bond donors (Lipinski definition) is 0. The quantitative estimate of drug-likeness (QED) is 0.167.